The molecule has 0 aliphatic rings. The lowest BCUT2D eigenvalue weighted by atomic mass is 9.72. The topological polar surface area (TPSA) is 40.9 Å². The third-order valence-corrected chi connectivity index (χ3v) is 4.52. The van der Waals surface area contributed by atoms with Gasteiger partial charge in [-0.3, -0.25) is 4.79 Å². The van der Waals surface area contributed by atoms with Crippen molar-refractivity contribution in [3.63, 3.8) is 0 Å². The highest BCUT2D eigenvalue weighted by molar-refractivity contribution is 9.10. The molecule has 5 heteroatoms. The molecule has 2 aromatic rings. The zero-order valence-corrected chi connectivity index (χ0v) is 14.6. The van der Waals surface area contributed by atoms with E-state index in [-0.39, 0.29) is 18.1 Å². The first kappa shape index (κ1) is 17.0. The molecule has 2 nitrogen and oxygen atoms in total. The molecule has 0 saturated carbocycles. The first-order chi connectivity index (χ1) is 10.5. The van der Waals surface area contributed by atoms with Gasteiger partial charge in [0.25, 0.3) is 0 Å². The Kier molecular flexibility index (Phi) is 5.63. The summed E-state index contributed by atoms with van der Waals surface area (Å²) in [5.74, 6) is -0.313. The molecule has 22 heavy (non-hydrogen) atoms. The number of alkyl halides is 1. The number of carbonyl (C=O) groups excluding carboxylic acids is 1. The fourth-order valence-corrected chi connectivity index (χ4v) is 2.92. The van der Waals surface area contributed by atoms with E-state index in [4.69, 9.17) is 23.2 Å². The van der Waals surface area contributed by atoms with E-state index in [1.807, 2.05) is 24.3 Å². The molecule has 0 N–H and O–H groups in total. The highest BCUT2D eigenvalue weighted by atomic mass is 79.9. The van der Waals surface area contributed by atoms with Gasteiger partial charge in [-0.2, -0.15) is 5.26 Å². The molecule has 0 heterocycles. The van der Waals surface area contributed by atoms with Crippen molar-refractivity contribution in [2.24, 2.45) is 0 Å². The summed E-state index contributed by atoms with van der Waals surface area (Å²) < 4.78 is 0.901. The highest BCUT2D eigenvalue weighted by Crippen LogP contribution is 2.37. The molecule has 2 aromatic carbocycles. The number of benzene rings is 2. The fourth-order valence-electron chi connectivity index (χ4n) is 2.37. The zero-order chi connectivity index (χ0) is 16.2. The number of ketones is 1. The average Bonchev–Trinajstić information content (AvgIpc) is 2.53. The van der Waals surface area contributed by atoms with Crippen LogP contribution in [0.3, 0.4) is 0 Å². The Morgan fingerprint density at radius 3 is 2.41 bits per heavy atom. The van der Waals surface area contributed by atoms with Crippen LogP contribution in [-0.2, 0) is 10.2 Å². The van der Waals surface area contributed by atoms with E-state index in [1.54, 1.807) is 24.3 Å². The molecule has 1 unspecified atom stereocenters. The first-order valence-corrected chi connectivity index (χ1v) is 8.23. The van der Waals surface area contributed by atoms with Crippen molar-refractivity contribution < 1.29 is 4.79 Å². The van der Waals surface area contributed by atoms with Gasteiger partial charge in [0.1, 0.15) is 11.2 Å². The Morgan fingerprint density at radius 1 is 1.18 bits per heavy atom. The van der Waals surface area contributed by atoms with Crippen molar-refractivity contribution in [3.8, 4) is 6.07 Å². The van der Waals surface area contributed by atoms with Gasteiger partial charge in [0.05, 0.1) is 11.9 Å². The maximum absolute atomic E-state index is 12.0. The third kappa shape index (κ3) is 3.52. The molecule has 0 aromatic heterocycles. The molecule has 0 aliphatic heterocycles. The van der Waals surface area contributed by atoms with E-state index in [0.717, 1.165) is 10.0 Å². The van der Waals surface area contributed by atoms with Crippen LogP contribution >= 0.6 is 39.1 Å². The Morgan fingerprint density at radius 2 is 1.86 bits per heavy atom. The summed E-state index contributed by atoms with van der Waals surface area (Å²) in [6.07, 6.45) is 0.00890. The summed E-state index contributed by atoms with van der Waals surface area (Å²) in [4.78, 5) is 12.0. The van der Waals surface area contributed by atoms with Crippen LogP contribution in [0.4, 0.5) is 0 Å². The Labute approximate surface area is 147 Å². The van der Waals surface area contributed by atoms with Gasteiger partial charge in [0, 0.05) is 15.9 Å². The summed E-state index contributed by atoms with van der Waals surface area (Å²) >= 11 is 15.1. The third-order valence-electron chi connectivity index (χ3n) is 3.46. The lowest BCUT2D eigenvalue weighted by Crippen LogP contribution is -2.29. The highest BCUT2D eigenvalue weighted by Gasteiger charge is 2.36. The Hall–Kier alpha value is -1.34. The Balaban J connectivity index is 2.64. The number of hydrogen-bond acceptors (Lipinski definition) is 2. The van der Waals surface area contributed by atoms with Gasteiger partial charge >= 0.3 is 0 Å². The van der Waals surface area contributed by atoms with Crippen LogP contribution < -0.4 is 0 Å². The standard InChI is InChI=1S/C17H12BrCl2NO/c18-14-6-4-12(5-7-14)17(11-21,9-16(22)10-19)13-2-1-3-15(20)8-13/h1-8H,9-10H2. The quantitative estimate of drug-likeness (QED) is 0.658. The van der Waals surface area contributed by atoms with Gasteiger partial charge in [-0.25, -0.2) is 0 Å². The first-order valence-electron chi connectivity index (χ1n) is 6.53. The predicted octanol–water partition coefficient (Wildman–Crippen LogP) is 5.11. The van der Waals surface area contributed by atoms with Gasteiger partial charge in [-0.15, -0.1) is 11.6 Å². The minimum absolute atomic E-state index is 0.00890. The minimum Gasteiger partial charge on any atom is -0.298 e. The number of carbonyl (C=O) groups is 1. The molecule has 0 amide bonds. The van der Waals surface area contributed by atoms with Crippen molar-refractivity contribution >= 4 is 44.9 Å². The summed E-state index contributed by atoms with van der Waals surface area (Å²) in [5.41, 5.74) is 0.319. The molecule has 0 saturated heterocycles. The van der Waals surface area contributed by atoms with E-state index < -0.39 is 5.41 Å². The van der Waals surface area contributed by atoms with Crippen molar-refractivity contribution in [1.29, 1.82) is 5.26 Å². The van der Waals surface area contributed by atoms with Crippen LogP contribution in [0.15, 0.2) is 53.0 Å². The second-order valence-corrected chi connectivity index (χ2v) is 6.50. The molecule has 0 aliphatic carbocycles. The molecule has 0 spiro atoms. The van der Waals surface area contributed by atoms with E-state index in [2.05, 4.69) is 22.0 Å². The molecule has 0 bridgehead atoms. The monoisotopic (exact) mass is 395 g/mol. The molecular formula is C17H12BrCl2NO. The van der Waals surface area contributed by atoms with E-state index >= 15 is 0 Å². The van der Waals surface area contributed by atoms with Crippen molar-refractivity contribution in [1.82, 2.24) is 0 Å². The van der Waals surface area contributed by atoms with Crippen molar-refractivity contribution in [2.45, 2.75) is 11.8 Å². The second kappa shape index (κ2) is 7.28. The largest absolute Gasteiger partial charge is 0.298 e. The summed E-state index contributed by atoms with van der Waals surface area (Å²) in [6.45, 7) is 0. The summed E-state index contributed by atoms with van der Waals surface area (Å²) in [7, 11) is 0. The molecule has 1 atom stereocenters. The van der Waals surface area contributed by atoms with Crippen molar-refractivity contribution in [2.75, 3.05) is 5.88 Å². The van der Waals surface area contributed by atoms with Crippen LogP contribution in [0.5, 0.6) is 0 Å². The van der Waals surface area contributed by atoms with E-state index in [0.29, 0.717) is 10.6 Å². The molecule has 0 radical (unpaired) electrons. The van der Waals surface area contributed by atoms with Crippen LogP contribution in [0.25, 0.3) is 0 Å². The van der Waals surface area contributed by atoms with Gasteiger partial charge in [-0.1, -0.05) is 51.8 Å². The summed E-state index contributed by atoms with van der Waals surface area (Å²) in [5, 5.41) is 10.4. The lowest BCUT2D eigenvalue weighted by Gasteiger charge is -2.27. The average molecular weight is 397 g/mol. The molecule has 0 fully saturated rings. The number of rotatable bonds is 5. The number of halogens is 3. The van der Waals surface area contributed by atoms with Crippen LogP contribution in [0.1, 0.15) is 17.5 Å². The maximum atomic E-state index is 12.0. The normalized spacial score (nSPS) is 13.2. The van der Waals surface area contributed by atoms with Crippen LogP contribution in [0, 0.1) is 11.3 Å². The Bertz CT molecular complexity index is 724. The van der Waals surface area contributed by atoms with Gasteiger partial charge in [0.2, 0.25) is 0 Å². The fraction of sp³-hybridized carbons (Fsp3) is 0.176. The molecule has 112 valence electrons. The van der Waals surface area contributed by atoms with Crippen LogP contribution in [-0.4, -0.2) is 11.7 Å². The second-order valence-electron chi connectivity index (χ2n) is 4.88. The predicted molar refractivity (Wildman–Crippen MR) is 92.3 cm³/mol. The minimum atomic E-state index is -1.10. The maximum Gasteiger partial charge on any atom is 0.149 e. The van der Waals surface area contributed by atoms with Crippen molar-refractivity contribution in [3.05, 3.63) is 69.2 Å². The smallest absolute Gasteiger partial charge is 0.149 e. The van der Waals surface area contributed by atoms with E-state index in [1.165, 1.54) is 0 Å². The molecular weight excluding hydrogens is 385 g/mol. The number of nitriles is 1. The molecule has 2 rings (SSSR count). The number of Topliss-reactive ketones (excluding diaryl/α,β-unsaturated/α-hetero) is 1. The van der Waals surface area contributed by atoms with Gasteiger partial charge in [-0.05, 0) is 35.4 Å². The zero-order valence-electron chi connectivity index (χ0n) is 11.5. The number of nitrogens with zero attached hydrogens (tertiary/aromatic N) is 1. The number of hydrogen-bond donors (Lipinski definition) is 0. The van der Waals surface area contributed by atoms with E-state index in [9.17, 15) is 10.1 Å². The summed E-state index contributed by atoms with van der Waals surface area (Å²) in [6, 6.07) is 16.7. The van der Waals surface area contributed by atoms with Gasteiger partial charge < -0.3 is 0 Å². The van der Waals surface area contributed by atoms with Crippen LogP contribution in [0.2, 0.25) is 5.02 Å². The lowest BCUT2D eigenvalue weighted by molar-refractivity contribution is -0.117. The SMILES string of the molecule is N#CC(CC(=O)CCl)(c1ccc(Br)cc1)c1cccc(Cl)c1. The van der Waals surface area contributed by atoms with Gasteiger partial charge in [0.15, 0.2) is 0 Å².